The zero-order valence-electron chi connectivity index (χ0n) is 12.5. The lowest BCUT2D eigenvalue weighted by Gasteiger charge is -1.98. The fourth-order valence-corrected chi connectivity index (χ4v) is 3.41. The lowest BCUT2D eigenvalue weighted by molar-refractivity contribution is 1.45. The van der Waals surface area contributed by atoms with Gasteiger partial charge in [-0.2, -0.15) is 26.3 Å². The average molecular weight is 335 g/mol. The largest absolute Gasteiger partial charge is 0.192 e. The molecule has 1 aliphatic carbocycles. The van der Waals surface area contributed by atoms with E-state index in [2.05, 4.69) is 6.07 Å². The topological polar surface area (TPSA) is 119 Å². The van der Waals surface area contributed by atoms with Crippen LogP contribution in [0.25, 0.3) is 15.7 Å². The quantitative estimate of drug-likeness (QED) is 0.732. The van der Waals surface area contributed by atoms with Crippen molar-refractivity contribution in [3.63, 3.8) is 0 Å². The second-order valence-electron chi connectivity index (χ2n) is 4.98. The molecule has 0 aliphatic heterocycles. The lowest BCUT2D eigenvalue weighted by Crippen LogP contribution is -1.81. The highest BCUT2D eigenvalue weighted by Crippen LogP contribution is 2.52. The molecule has 0 radical (unpaired) electrons. The number of fused-ring (bicyclic) bond motifs is 1. The van der Waals surface area contributed by atoms with Gasteiger partial charge in [-0.25, -0.2) is 0 Å². The zero-order valence-corrected chi connectivity index (χ0v) is 13.3. The van der Waals surface area contributed by atoms with Crippen molar-refractivity contribution >= 4 is 27.0 Å². The summed E-state index contributed by atoms with van der Waals surface area (Å²) in [7, 11) is 0. The first-order valence-corrected chi connectivity index (χ1v) is 7.80. The Morgan fingerprint density at radius 1 is 0.720 bits per heavy atom. The van der Waals surface area contributed by atoms with Crippen molar-refractivity contribution in [3.05, 3.63) is 63.1 Å². The van der Waals surface area contributed by atoms with E-state index in [9.17, 15) is 5.26 Å². The van der Waals surface area contributed by atoms with Crippen molar-refractivity contribution in [2.75, 3.05) is 0 Å². The molecule has 0 atom stereocenters. The molecular formula is C19H5N5S. The number of allylic oxidation sites excluding steroid dienone is 6. The molecule has 0 saturated heterocycles. The van der Waals surface area contributed by atoms with Crippen LogP contribution in [-0.4, -0.2) is 0 Å². The van der Waals surface area contributed by atoms with Gasteiger partial charge in [-0.3, -0.25) is 0 Å². The van der Waals surface area contributed by atoms with Gasteiger partial charge in [0.25, 0.3) is 0 Å². The average Bonchev–Trinajstić information content (AvgIpc) is 3.14. The van der Waals surface area contributed by atoms with Crippen LogP contribution in [0.15, 0.2) is 57.5 Å². The van der Waals surface area contributed by atoms with Crippen LogP contribution >= 0.6 is 11.3 Å². The predicted molar refractivity (Wildman–Crippen MR) is 90.9 cm³/mol. The summed E-state index contributed by atoms with van der Waals surface area (Å²) >= 11 is 1.53. The van der Waals surface area contributed by atoms with Crippen molar-refractivity contribution in [3.8, 4) is 30.3 Å². The monoisotopic (exact) mass is 335 g/mol. The van der Waals surface area contributed by atoms with Crippen molar-refractivity contribution in [2.24, 2.45) is 0 Å². The third-order valence-electron chi connectivity index (χ3n) is 3.74. The fraction of sp³-hybridized carbons (Fsp3) is 0. The molecule has 2 aromatic rings. The second-order valence-corrected chi connectivity index (χ2v) is 5.93. The summed E-state index contributed by atoms with van der Waals surface area (Å²) in [6.07, 6.45) is 0. The summed E-state index contributed by atoms with van der Waals surface area (Å²) < 4.78 is 0.990. The molecule has 1 aromatic heterocycles. The number of rotatable bonds is 1. The number of hydrogen-bond acceptors (Lipinski definition) is 6. The smallest absolute Gasteiger partial charge is 0.138 e. The first-order valence-electron chi connectivity index (χ1n) is 6.92. The summed E-state index contributed by atoms with van der Waals surface area (Å²) in [5, 5.41) is 49.1. The molecule has 0 N–H and O–H groups in total. The zero-order chi connectivity index (χ0) is 18.0. The molecule has 0 bridgehead atoms. The maximum atomic E-state index is 9.62. The third-order valence-corrected chi connectivity index (χ3v) is 4.62. The van der Waals surface area contributed by atoms with Gasteiger partial charge in [0, 0.05) is 21.4 Å². The Bertz CT molecular complexity index is 1150. The number of benzene rings is 1. The van der Waals surface area contributed by atoms with Crippen molar-refractivity contribution < 1.29 is 0 Å². The van der Waals surface area contributed by atoms with Crippen LogP contribution in [0.5, 0.6) is 0 Å². The van der Waals surface area contributed by atoms with E-state index in [1.54, 1.807) is 30.3 Å². The van der Waals surface area contributed by atoms with E-state index < -0.39 is 0 Å². The molecule has 0 unspecified atom stereocenters. The maximum absolute atomic E-state index is 9.62. The summed E-state index contributed by atoms with van der Waals surface area (Å²) in [6.45, 7) is 0. The van der Waals surface area contributed by atoms with Gasteiger partial charge in [0.05, 0.1) is 5.57 Å². The van der Waals surface area contributed by atoms with E-state index in [1.165, 1.54) is 11.3 Å². The lowest BCUT2D eigenvalue weighted by atomic mass is 10.0. The highest BCUT2D eigenvalue weighted by atomic mass is 32.1. The van der Waals surface area contributed by atoms with Gasteiger partial charge in [0.1, 0.15) is 41.5 Å². The van der Waals surface area contributed by atoms with Gasteiger partial charge >= 0.3 is 0 Å². The van der Waals surface area contributed by atoms with E-state index in [4.69, 9.17) is 21.0 Å². The van der Waals surface area contributed by atoms with Crippen LogP contribution in [0.3, 0.4) is 0 Å². The summed E-state index contributed by atoms with van der Waals surface area (Å²) in [6, 6.07) is 16.6. The molecule has 1 aromatic carbocycles. The van der Waals surface area contributed by atoms with Gasteiger partial charge in [0.2, 0.25) is 0 Å². The minimum Gasteiger partial charge on any atom is -0.192 e. The van der Waals surface area contributed by atoms with E-state index >= 15 is 0 Å². The van der Waals surface area contributed by atoms with Crippen molar-refractivity contribution in [1.29, 1.82) is 26.3 Å². The summed E-state index contributed by atoms with van der Waals surface area (Å²) in [4.78, 5) is 0. The second kappa shape index (κ2) is 6.16. The van der Waals surface area contributed by atoms with Crippen LogP contribution in [0.1, 0.15) is 5.56 Å². The molecule has 112 valence electrons. The number of nitriles is 5. The van der Waals surface area contributed by atoms with Crippen molar-refractivity contribution in [2.45, 2.75) is 0 Å². The molecule has 1 aliphatic rings. The Labute approximate surface area is 147 Å². The van der Waals surface area contributed by atoms with Gasteiger partial charge in [-0.1, -0.05) is 12.1 Å². The Morgan fingerprint density at radius 3 is 1.84 bits per heavy atom. The van der Waals surface area contributed by atoms with Gasteiger partial charge < -0.3 is 0 Å². The minimum atomic E-state index is -0.210. The number of thiophene rings is 1. The molecule has 1 fully saturated rings. The van der Waals surface area contributed by atoms with E-state index in [1.807, 2.05) is 23.6 Å². The van der Waals surface area contributed by atoms with Gasteiger partial charge in [-0.05, 0) is 28.5 Å². The Balaban J connectivity index is 2.35. The first-order chi connectivity index (χ1) is 12.2. The van der Waals surface area contributed by atoms with Crippen LogP contribution in [0, 0.1) is 56.7 Å². The number of hydrogen-bond donors (Lipinski definition) is 0. The highest BCUT2D eigenvalue weighted by Gasteiger charge is 2.41. The van der Waals surface area contributed by atoms with Crippen LogP contribution in [0.2, 0.25) is 0 Å². The molecule has 1 saturated carbocycles. The fourth-order valence-electron chi connectivity index (χ4n) is 2.59. The molecule has 5 nitrogen and oxygen atoms in total. The predicted octanol–water partition coefficient (Wildman–Crippen LogP) is 3.88. The third kappa shape index (κ3) is 2.45. The Kier molecular flexibility index (Phi) is 3.87. The molecule has 0 spiro atoms. The van der Waals surface area contributed by atoms with E-state index in [-0.39, 0.29) is 27.9 Å². The highest BCUT2D eigenvalue weighted by molar-refractivity contribution is 7.17. The van der Waals surface area contributed by atoms with E-state index in [0.29, 0.717) is 11.1 Å². The van der Waals surface area contributed by atoms with Crippen molar-refractivity contribution in [1.82, 2.24) is 0 Å². The number of nitrogens with zero attached hydrogens (tertiary/aromatic N) is 5. The van der Waals surface area contributed by atoms with Crippen LogP contribution in [-0.2, 0) is 0 Å². The molecule has 6 heteroatoms. The molecule has 0 amide bonds. The first kappa shape index (κ1) is 15.7. The normalized spacial score (nSPS) is 11.6. The summed E-state index contributed by atoms with van der Waals surface area (Å²) in [5.41, 5.74) is 1.19. The standard InChI is InChI=1S/C19H5N5S/c20-6-13(7-21)17-18(14(8-22)9-23)19(17)15(10-24)12-2-1-11-3-4-25-16(11)5-12/h1-5H. The van der Waals surface area contributed by atoms with Crippen LogP contribution < -0.4 is 0 Å². The van der Waals surface area contributed by atoms with E-state index in [0.717, 1.165) is 10.1 Å². The van der Waals surface area contributed by atoms with Crippen LogP contribution in [0.4, 0.5) is 0 Å². The Morgan fingerprint density at radius 2 is 1.32 bits per heavy atom. The molecule has 3 rings (SSSR count). The maximum Gasteiger partial charge on any atom is 0.138 e. The summed E-state index contributed by atoms with van der Waals surface area (Å²) in [5.74, 6) is 0. The SMILES string of the molecule is N#CC(C#N)=C1C(=C(C#N)C#N)C1=C(C#N)c1ccc2ccsc2c1. The van der Waals surface area contributed by atoms with Gasteiger partial charge in [-0.15, -0.1) is 11.3 Å². The molecule has 25 heavy (non-hydrogen) atoms. The molecular weight excluding hydrogens is 330 g/mol. The Hall–Kier alpha value is -4.15. The molecule has 1 heterocycles. The minimum absolute atomic E-state index is 0.210. The van der Waals surface area contributed by atoms with Gasteiger partial charge in [0.15, 0.2) is 0 Å².